The number of primary amides is 1. The molecule has 0 bridgehead atoms. The fourth-order valence-corrected chi connectivity index (χ4v) is 1.99. The normalized spacial score (nSPS) is 10.1. The lowest BCUT2D eigenvalue weighted by Crippen LogP contribution is -2.29. The van der Waals surface area contributed by atoms with Crippen LogP contribution in [0.3, 0.4) is 0 Å². The first-order valence-corrected chi connectivity index (χ1v) is 6.44. The highest BCUT2D eigenvalue weighted by atomic mass is 16.2. The summed E-state index contributed by atoms with van der Waals surface area (Å²) in [6, 6.07) is 6.60. The highest BCUT2D eigenvalue weighted by Gasteiger charge is 2.19. The molecule has 0 aliphatic heterocycles. The van der Waals surface area contributed by atoms with Gasteiger partial charge in [-0.1, -0.05) is 12.1 Å². The number of carbonyl (C=O) groups excluding carboxylic acids is 2. The second kappa shape index (κ2) is 6.00. The van der Waals surface area contributed by atoms with Gasteiger partial charge in [-0.3, -0.25) is 10.1 Å². The van der Waals surface area contributed by atoms with Crippen LogP contribution in [0.1, 0.15) is 17.3 Å². The lowest BCUT2D eigenvalue weighted by molar-refractivity contribution is 0.100. The van der Waals surface area contributed by atoms with Crippen molar-refractivity contribution in [3.8, 4) is 11.1 Å². The Morgan fingerprint density at radius 2 is 1.90 bits per heavy atom. The highest BCUT2D eigenvalue weighted by Crippen LogP contribution is 2.29. The summed E-state index contributed by atoms with van der Waals surface area (Å²) in [5.41, 5.74) is 13.3. The Morgan fingerprint density at radius 3 is 2.48 bits per heavy atom. The fourth-order valence-electron chi connectivity index (χ4n) is 1.99. The van der Waals surface area contributed by atoms with Gasteiger partial charge in [0.1, 0.15) is 5.82 Å². The summed E-state index contributed by atoms with van der Waals surface area (Å²) in [5, 5.41) is 5.14. The summed E-state index contributed by atoms with van der Waals surface area (Å²) in [6.45, 7) is 2.27. The molecular formula is C14H17N5O2. The molecule has 2 rings (SSSR count). The predicted molar refractivity (Wildman–Crippen MR) is 81.9 cm³/mol. The number of hydrogen-bond acceptors (Lipinski definition) is 3. The Morgan fingerprint density at radius 1 is 1.24 bits per heavy atom. The zero-order chi connectivity index (χ0) is 15.4. The van der Waals surface area contributed by atoms with Crippen LogP contribution in [0.5, 0.6) is 0 Å². The summed E-state index contributed by atoms with van der Waals surface area (Å²) in [5.74, 6) is -0.366. The van der Waals surface area contributed by atoms with Crippen LogP contribution in [0, 0.1) is 0 Å². The van der Waals surface area contributed by atoms with E-state index in [-0.39, 0.29) is 11.4 Å². The van der Waals surface area contributed by atoms with E-state index >= 15 is 0 Å². The van der Waals surface area contributed by atoms with Gasteiger partial charge in [0, 0.05) is 24.0 Å². The molecule has 7 N–H and O–H groups in total. The molecule has 1 aromatic heterocycles. The molecule has 0 saturated heterocycles. The Kier molecular flexibility index (Phi) is 4.13. The van der Waals surface area contributed by atoms with Gasteiger partial charge in [0.2, 0.25) is 0 Å². The fraction of sp³-hybridized carbons (Fsp3) is 0.143. The topological polar surface area (TPSA) is 126 Å². The smallest absolute Gasteiger partial charge is 0.320 e. The molecule has 1 heterocycles. The first-order valence-electron chi connectivity index (χ1n) is 6.44. The lowest BCUT2D eigenvalue weighted by Gasteiger charge is -2.07. The number of urea groups is 1. The SMILES string of the molecule is CCNC(=O)Nc1[nH]cc(-c2ccc(N)cc2)c1C(N)=O. The average molecular weight is 287 g/mol. The summed E-state index contributed by atoms with van der Waals surface area (Å²) in [7, 11) is 0. The third kappa shape index (κ3) is 3.14. The number of nitrogens with one attached hydrogen (secondary N) is 3. The molecule has 0 unspecified atom stereocenters. The molecule has 0 atom stereocenters. The quantitative estimate of drug-likeness (QED) is 0.547. The Labute approximate surface area is 121 Å². The van der Waals surface area contributed by atoms with Gasteiger partial charge in [0.05, 0.1) is 5.56 Å². The Balaban J connectivity index is 2.39. The number of H-pyrrole nitrogens is 1. The Hall–Kier alpha value is -2.96. The first-order chi connectivity index (χ1) is 10.0. The number of nitrogen functional groups attached to an aromatic ring is 1. The van der Waals surface area contributed by atoms with Gasteiger partial charge in [-0.25, -0.2) is 4.79 Å². The zero-order valence-corrected chi connectivity index (χ0v) is 11.6. The van der Waals surface area contributed by atoms with Gasteiger partial charge in [-0.15, -0.1) is 0 Å². The number of anilines is 2. The summed E-state index contributed by atoms with van der Waals surface area (Å²) in [6.07, 6.45) is 1.62. The van der Waals surface area contributed by atoms with E-state index in [1.165, 1.54) is 0 Å². The number of aromatic amines is 1. The van der Waals surface area contributed by atoms with E-state index in [4.69, 9.17) is 11.5 Å². The largest absolute Gasteiger partial charge is 0.399 e. The first kappa shape index (κ1) is 14.4. The molecule has 7 heteroatoms. The molecule has 110 valence electrons. The van der Waals surface area contributed by atoms with Crippen molar-refractivity contribution in [1.82, 2.24) is 10.3 Å². The van der Waals surface area contributed by atoms with E-state index < -0.39 is 11.9 Å². The minimum Gasteiger partial charge on any atom is -0.399 e. The van der Waals surface area contributed by atoms with Crippen molar-refractivity contribution < 1.29 is 9.59 Å². The van der Waals surface area contributed by atoms with E-state index in [1.807, 2.05) is 0 Å². The van der Waals surface area contributed by atoms with Gasteiger partial charge in [-0.2, -0.15) is 0 Å². The van der Waals surface area contributed by atoms with E-state index in [2.05, 4.69) is 15.6 Å². The van der Waals surface area contributed by atoms with Crippen LogP contribution in [0.4, 0.5) is 16.3 Å². The van der Waals surface area contributed by atoms with Gasteiger partial charge >= 0.3 is 6.03 Å². The van der Waals surface area contributed by atoms with Crippen LogP contribution in [-0.2, 0) is 0 Å². The maximum Gasteiger partial charge on any atom is 0.320 e. The molecule has 3 amide bonds. The second-order valence-electron chi connectivity index (χ2n) is 4.42. The minimum absolute atomic E-state index is 0.228. The number of hydrogen-bond donors (Lipinski definition) is 5. The van der Waals surface area contributed by atoms with Crippen LogP contribution in [0.15, 0.2) is 30.5 Å². The maximum atomic E-state index is 11.7. The number of rotatable bonds is 4. The molecule has 0 aliphatic rings. The molecule has 0 spiro atoms. The van der Waals surface area contributed by atoms with E-state index in [1.54, 1.807) is 37.4 Å². The molecule has 2 aromatic rings. The second-order valence-corrected chi connectivity index (χ2v) is 4.42. The third-order valence-electron chi connectivity index (χ3n) is 2.92. The van der Waals surface area contributed by atoms with E-state index in [0.717, 1.165) is 5.56 Å². The number of nitrogens with two attached hydrogens (primary N) is 2. The standard InChI is InChI=1S/C14H17N5O2/c1-2-17-14(21)19-13-11(12(16)20)10(7-18-13)8-3-5-9(15)6-4-8/h3-7,18H,2,15H2,1H3,(H2,16,20)(H2,17,19,21). The highest BCUT2D eigenvalue weighted by molar-refractivity contribution is 6.07. The van der Waals surface area contributed by atoms with Crippen molar-refractivity contribution in [3.63, 3.8) is 0 Å². The van der Waals surface area contributed by atoms with Gasteiger partial charge < -0.3 is 21.8 Å². The predicted octanol–water partition coefficient (Wildman–Crippen LogP) is 1.50. The van der Waals surface area contributed by atoms with Crippen LogP contribution in [0.2, 0.25) is 0 Å². The van der Waals surface area contributed by atoms with Crippen molar-refractivity contribution in [2.45, 2.75) is 6.92 Å². The number of aromatic nitrogens is 1. The number of benzene rings is 1. The van der Waals surface area contributed by atoms with E-state index in [9.17, 15) is 9.59 Å². The van der Waals surface area contributed by atoms with Crippen LogP contribution < -0.4 is 22.1 Å². The molecule has 7 nitrogen and oxygen atoms in total. The summed E-state index contributed by atoms with van der Waals surface area (Å²) in [4.78, 5) is 26.1. The molecule has 0 aliphatic carbocycles. The summed E-state index contributed by atoms with van der Waals surface area (Å²) < 4.78 is 0. The van der Waals surface area contributed by atoms with Crippen LogP contribution >= 0.6 is 0 Å². The maximum absolute atomic E-state index is 11.7. The lowest BCUT2D eigenvalue weighted by atomic mass is 10.0. The van der Waals surface area contributed by atoms with Crippen molar-refractivity contribution in [1.29, 1.82) is 0 Å². The van der Waals surface area contributed by atoms with E-state index in [0.29, 0.717) is 17.8 Å². The van der Waals surface area contributed by atoms with Crippen molar-refractivity contribution in [3.05, 3.63) is 36.0 Å². The zero-order valence-electron chi connectivity index (χ0n) is 11.6. The third-order valence-corrected chi connectivity index (χ3v) is 2.92. The Bertz CT molecular complexity index is 661. The van der Waals surface area contributed by atoms with Crippen LogP contribution in [-0.4, -0.2) is 23.5 Å². The summed E-state index contributed by atoms with van der Waals surface area (Å²) >= 11 is 0. The number of carbonyl (C=O) groups is 2. The molecule has 0 fully saturated rings. The number of amides is 3. The van der Waals surface area contributed by atoms with Crippen molar-refractivity contribution in [2.24, 2.45) is 5.73 Å². The van der Waals surface area contributed by atoms with Crippen molar-refractivity contribution >= 4 is 23.4 Å². The molecule has 0 saturated carbocycles. The van der Waals surface area contributed by atoms with Gasteiger partial charge in [-0.05, 0) is 24.6 Å². The minimum atomic E-state index is -0.630. The van der Waals surface area contributed by atoms with Gasteiger partial charge in [0.15, 0.2) is 0 Å². The van der Waals surface area contributed by atoms with Gasteiger partial charge in [0.25, 0.3) is 5.91 Å². The molecular weight excluding hydrogens is 270 g/mol. The molecule has 0 radical (unpaired) electrons. The van der Waals surface area contributed by atoms with Crippen molar-refractivity contribution in [2.75, 3.05) is 17.6 Å². The molecule has 1 aromatic carbocycles. The monoisotopic (exact) mass is 287 g/mol. The van der Waals surface area contributed by atoms with Crippen LogP contribution in [0.25, 0.3) is 11.1 Å². The average Bonchev–Trinajstić information content (AvgIpc) is 2.83. The molecule has 21 heavy (non-hydrogen) atoms.